The van der Waals surface area contributed by atoms with Crippen LogP contribution >= 0.6 is 15.9 Å². The molecule has 0 radical (unpaired) electrons. The number of alkyl halides is 1. The van der Waals surface area contributed by atoms with Crippen molar-refractivity contribution < 1.29 is 9.72 Å². The monoisotopic (exact) mass is 296 g/mol. The zero-order chi connectivity index (χ0) is 12.6. The number of benzene rings is 1. The lowest BCUT2D eigenvalue weighted by Crippen LogP contribution is -2.08. The zero-order valence-electron chi connectivity index (χ0n) is 8.94. The van der Waals surface area contributed by atoms with Gasteiger partial charge in [0.05, 0.1) is 15.3 Å². The maximum absolute atomic E-state index is 11.8. The molecule has 1 unspecified atom stereocenters. The number of halogens is 1. The molecule has 2 rings (SSSR count). The van der Waals surface area contributed by atoms with E-state index in [0.717, 1.165) is 0 Å². The molecule has 0 amide bonds. The van der Waals surface area contributed by atoms with Crippen molar-refractivity contribution in [1.82, 2.24) is 4.98 Å². The molecule has 88 valence electrons. The van der Waals surface area contributed by atoms with Crippen molar-refractivity contribution >= 4 is 38.3 Å². The summed E-state index contributed by atoms with van der Waals surface area (Å²) in [4.78, 5) is 24.6. The first kappa shape index (κ1) is 11.8. The number of carbonyl (C=O) groups excluding carboxylic acids is 1. The molecule has 0 aliphatic carbocycles. The maximum atomic E-state index is 11.8. The summed E-state index contributed by atoms with van der Waals surface area (Å²) in [6.45, 7) is 1.74. The average molecular weight is 297 g/mol. The lowest BCUT2D eigenvalue weighted by molar-refractivity contribution is -0.384. The SMILES string of the molecule is CC(Br)C(=O)c1c[nH]c2cc([N+](=O)[O-])ccc12. The van der Waals surface area contributed by atoms with Crippen LogP contribution < -0.4 is 0 Å². The predicted molar refractivity (Wildman–Crippen MR) is 67.7 cm³/mol. The van der Waals surface area contributed by atoms with Crippen molar-refractivity contribution in [1.29, 1.82) is 0 Å². The lowest BCUT2D eigenvalue weighted by atomic mass is 10.1. The quantitative estimate of drug-likeness (QED) is 0.409. The predicted octanol–water partition coefficient (Wildman–Crippen LogP) is 3.04. The van der Waals surface area contributed by atoms with Gasteiger partial charge < -0.3 is 4.98 Å². The van der Waals surface area contributed by atoms with Crippen LogP contribution in [0.25, 0.3) is 10.9 Å². The first-order valence-electron chi connectivity index (χ1n) is 4.94. The number of non-ortho nitro benzene ring substituents is 1. The van der Waals surface area contributed by atoms with Crippen LogP contribution in [0.1, 0.15) is 17.3 Å². The number of ketones is 1. The van der Waals surface area contributed by atoms with Crippen LogP contribution in [0.5, 0.6) is 0 Å². The number of carbonyl (C=O) groups is 1. The van der Waals surface area contributed by atoms with E-state index in [4.69, 9.17) is 0 Å². The Morgan fingerprint density at radius 1 is 1.53 bits per heavy atom. The molecule has 2 aromatic rings. The number of rotatable bonds is 3. The van der Waals surface area contributed by atoms with Gasteiger partial charge in [0.2, 0.25) is 0 Å². The summed E-state index contributed by atoms with van der Waals surface area (Å²) in [7, 11) is 0. The fourth-order valence-electron chi connectivity index (χ4n) is 1.65. The van der Waals surface area contributed by atoms with Gasteiger partial charge in [0.25, 0.3) is 5.69 Å². The standard InChI is InChI=1S/C11H9BrN2O3/c1-6(12)11(15)9-5-13-10-4-7(14(16)17)2-3-8(9)10/h2-6,13H,1H3. The second kappa shape index (κ2) is 4.29. The molecule has 1 heterocycles. The van der Waals surface area contributed by atoms with E-state index in [1.54, 1.807) is 19.2 Å². The Morgan fingerprint density at radius 2 is 2.24 bits per heavy atom. The van der Waals surface area contributed by atoms with E-state index in [1.165, 1.54) is 12.1 Å². The van der Waals surface area contributed by atoms with Gasteiger partial charge in [-0.1, -0.05) is 15.9 Å². The van der Waals surface area contributed by atoms with Crippen LogP contribution in [-0.2, 0) is 0 Å². The van der Waals surface area contributed by atoms with Crippen molar-refractivity contribution in [2.75, 3.05) is 0 Å². The summed E-state index contributed by atoms with van der Waals surface area (Å²) in [5.74, 6) is -0.0508. The number of hydrogen-bond donors (Lipinski definition) is 1. The second-order valence-electron chi connectivity index (χ2n) is 3.67. The van der Waals surface area contributed by atoms with Crippen molar-refractivity contribution in [2.24, 2.45) is 0 Å². The van der Waals surface area contributed by atoms with Crippen LogP contribution in [0, 0.1) is 10.1 Å². The summed E-state index contributed by atoms with van der Waals surface area (Å²) in [6.07, 6.45) is 1.58. The van der Waals surface area contributed by atoms with Crippen LogP contribution in [0.2, 0.25) is 0 Å². The highest BCUT2D eigenvalue weighted by Crippen LogP contribution is 2.25. The van der Waals surface area contributed by atoms with Gasteiger partial charge in [0.1, 0.15) is 0 Å². The molecule has 1 aromatic heterocycles. The van der Waals surface area contributed by atoms with E-state index in [0.29, 0.717) is 16.5 Å². The number of nitrogens with one attached hydrogen (secondary N) is 1. The Labute approximate surface area is 105 Å². The molecule has 1 N–H and O–H groups in total. The first-order chi connectivity index (χ1) is 8.00. The third-order valence-corrected chi connectivity index (χ3v) is 2.92. The van der Waals surface area contributed by atoms with Gasteiger partial charge in [-0.2, -0.15) is 0 Å². The number of fused-ring (bicyclic) bond motifs is 1. The van der Waals surface area contributed by atoms with Gasteiger partial charge in [-0.3, -0.25) is 14.9 Å². The van der Waals surface area contributed by atoms with Crippen LogP contribution in [0.3, 0.4) is 0 Å². The molecule has 17 heavy (non-hydrogen) atoms. The number of nitrogens with zero attached hydrogens (tertiary/aromatic N) is 1. The molecule has 1 aromatic carbocycles. The van der Waals surface area contributed by atoms with Gasteiger partial charge in [0.15, 0.2) is 5.78 Å². The maximum Gasteiger partial charge on any atom is 0.271 e. The molecule has 5 nitrogen and oxygen atoms in total. The minimum absolute atomic E-state index is 0.00485. The Balaban J connectivity index is 2.56. The molecule has 0 aliphatic rings. The third kappa shape index (κ3) is 2.08. The van der Waals surface area contributed by atoms with Gasteiger partial charge in [-0.05, 0) is 13.0 Å². The smallest absolute Gasteiger partial charge is 0.271 e. The Kier molecular flexibility index (Phi) is 2.97. The number of aromatic nitrogens is 1. The molecule has 0 bridgehead atoms. The molecule has 1 atom stereocenters. The average Bonchev–Trinajstić information content (AvgIpc) is 2.70. The molecule has 0 aliphatic heterocycles. The van der Waals surface area contributed by atoms with E-state index >= 15 is 0 Å². The topological polar surface area (TPSA) is 76.0 Å². The summed E-state index contributed by atoms with van der Waals surface area (Å²) in [6, 6.07) is 4.41. The molecule has 0 spiro atoms. The first-order valence-corrected chi connectivity index (χ1v) is 5.86. The van der Waals surface area contributed by atoms with Gasteiger partial charge in [0, 0.05) is 29.3 Å². The Morgan fingerprint density at radius 3 is 2.82 bits per heavy atom. The molecular weight excluding hydrogens is 288 g/mol. The highest BCUT2D eigenvalue weighted by atomic mass is 79.9. The number of H-pyrrole nitrogens is 1. The van der Waals surface area contributed by atoms with E-state index < -0.39 is 4.92 Å². The second-order valence-corrected chi connectivity index (χ2v) is 5.04. The summed E-state index contributed by atoms with van der Waals surface area (Å²) < 4.78 is 0. The minimum atomic E-state index is -0.463. The minimum Gasteiger partial charge on any atom is -0.360 e. The third-order valence-electron chi connectivity index (χ3n) is 2.50. The van der Waals surface area contributed by atoms with Crippen LogP contribution in [-0.4, -0.2) is 20.5 Å². The van der Waals surface area contributed by atoms with Crippen molar-refractivity contribution in [3.63, 3.8) is 0 Å². The number of Topliss-reactive ketones (excluding diaryl/α,β-unsaturated/α-hetero) is 1. The van der Waals surface area contributed by atoms with E-state index in [9.17, 15) is 14.9 Å². The molecule has 0 fully saturated rings. The van der Waals surface area contributed by atoms with Gasteiger partial charge in [-0.25, -0.2) is 0 Å². The summed E-state index contributed by atoms with van der Waals surface area (Å²) in [5.41, 5.74) is 1.14. The van der Waals surface area contributed by atoms with Crippen LogP contribution in [0.15, 0.2) is 24.4 Å². The number of nitro groups is 1. The number of hydrogen-bond acceptors (Lipinski definition) is 3. The van der Waals surface area contributed by atoms with Crippen molar-refractivity contribution in [2.45, 2.75) is 11.8 Å². The van der Waals surface area contributed by atoms with E-state index in [-0.39, 0.29) is 16.3 Å². The van der Waals surface area contributed by atoms with E-state index in [1.807, 2.05) is 0 Å². The summed E-state index contributed by atoms with van der Waals surface area (Å²) >= 11 is 3.21. The van der Waals surface area contributed by atoms with Crippen molar-refractivity contribution in [3.8, 4) is 0 Å². The number of aromatic amines is 1. The van der Waals surface area contributed by atoms with E-state index in [2.05, 4.69) is 20.9 Å². The van der Waals surface area contributed by atoms with Gasteiger partial charge in [-0.15, -0.1) is 0 Å². The Hall–Kier alpha value is -1.69. The fourth-order valence-corrected chi connectivity index (χ4v) is 1.89. The highest BCUT2D eigenvalue weighted by Gasteiger charge is 2.17. The lowest BCUT2D eigenvalue weighted by Gasteiger charge is -2.00. The zero-order valence-corrected chi connectivity index (χ0v) is 10.5. The molecule has 0 saturated carbocycles. The Bertz CT molecular complexity index is 604. The molecular formula is C11H9BrN2O3. The summed E-state index contributed by atoms with van der Waals surface area (Å²) in [5, 5.41) is 11.3. The normalized spacial score (nSPS) is 12.6. The van der Waals surface area contributed by atoms with Crippen LogP contribution in [0.4, 0.5) is 5.69 Å². The fraction of sp³-hybridized carbons (Fsp3) is 0.182. The highest BCUT2D eigenvalue weighted by molar-refractivity contribution is 9.10. The molecule has 0 saturated heterocycles. The van der Waals surface area contributed by atoms with Gasteiger partial charge >= 0.3 is 0 Å². The molecule has 6 heteroatoms. The van der Waals surface area contributed by atoms with Crippen molar-refractivity contribution in [3.05, 3.63) is 40.1 Å². The number of nitro benzene ring substituents is 1. The largest absolute Gasteiger partial charge is 0.360 e.